The van der Waals surface area contributed by atoms with E-state index in [4.69, 9.17) is 9.47 Å². The molecule has 0 aromatic heterocycles. The van der Waals surface area contributed by atoms with Crippen LogP contribution in [0.1, 0.15) is 0 Å². The van der Waals surface area contributed by atoms with Gasteiger partial charge in [-0.25, -0.2) is 0 Å². The molecule has 0 N–H and O–H groups in total. The number of fused-ring (bicyclic) bond motifs is 12. The first-order valence-electron chi connectivity index (χ1n) is 28.1. The summed E-state index contributed by atoms with van der Waals surface area (Å²) in [5, 5.41) is 4.34. The number of nitrogens with zero attached hydrogens (tertiary/aromatic N) is 4. The molecule has 0 saturated carbocycles. The maximum atomic E-state index is 7.59. The van der Waals surface area contributed by atoms with E-state index in [2.05, 4.69) is 311 Å². The van der Waals surface area contributed by atoms with Gasteiger partial charge in [0.05, 0.1) is 5.69 Å². The zero-order chi connectivity index (χ0) is 53.8. The molecule has 0 unspecified atom stereocenters. The largest absolute Gasteiger partial charge is 0.458 e. The molecule has 8 heteroatoms. The van der Waals surface area contributed by atoms with Crippen molar-refractivity contribution in [2.75, 3.05) is 19.6 Å². The van der Waals surface area contributed by atoms with E-state index in [1.807, 2.05) is 0 Å². The van der Waals surface area contributed by atoms with Gasteiger partial charge in [0.2, 0.25) is 0 Å². The van der Waals surface area contributed by atoms with Crippen LogP contribution in [-0.2, 0) is 0 Å². The Morgan fingerprint density at radius 1 is 0.280 bits per heavy atom. The monoisotopic (exact) mass is 1050 g/mol. The summed E-state index contributed by atoms with van der Waals surface area (Å²) in [4.78, 5) is 9.68. The number of hydrogen-bond acceptors (Lipinski definition) is 6. The van der Waals surface area contributed by atoms with Crippen LogP contribution < -0.4 is 61.9 Å². The van der Waals surface area contributed by atoms with E-state index in [1.54, 1.807) is 0 Å². The lowest BCUT2D eigenvalue weighted by atomic mass is 9.30. The van der Waals surface area contributed by atoms with E-state index in [-0.39, 0.29) is 13.4 Å². The molecule has 17 rings (SSSR count). The lowest BCUT2D eigenvalue weighted by Gasteiger charge is -2.45. The van der Waals surface area contributed by atoms with Crippen molar-refractivity contribution in [2.24, 2.45) is 0 Å². The van der Waals surface area contributed by atoms with Gasteiger partial charge in [0.15, 0.2) is 0 Å². The highest BCUT2D eigenvalue weighted by atomic mass is 16.5. The average molecular weight is 1050 g/mol. The van der Waals surface area contributed by atoms with Gasteiger partial charge in [-0.15, -0.1) is 0 Å². The summed E-state index contributed by atoms with van der Waals surface area (Å²) in [7, 11) is 0. The minimum absolute atomic E-state index is 0.140. The van der Waals surface area contributed by atoms with Crippen LogP contribution in [0, 0.1) is 0 Å². The van der Waals surface area contributed by atoms with Crippen LogP contribution in [0.25, 0.3) is 21.5 Å². The van der Waals surface area contributed by atoms with E-state index in [0.29, 0.717) is 0 Å². The quantitative estimate of drug-likeness (QED) is 0.141. The summed E-state index contributed by atoms with van der Waals surface area (Å²) >= 11 is 0. The van der Waals surface area contributed by atoms with E-state index in [9.17, 15) is 0 Å². The van der Waals surface area contributed by atoms with E-state index in [0.717, 1.165) is 129 Å². The van der Waals surface area contributed by atoms with Crippen molar-refractivity contribution >= 4 is 136 Å². The number of anilines is 12. The molecule has 0 spiro atoms. The van der Waals surface area contributed by atoms with Gasteiger partial charge in [0.1, 0.15) is 23.0 Å². The molecular weight excluding hydrogens is 998 g/mol. The SMILES string of the molecule is c1ccc(N(c2ccccc2)c2ccc3c4c5c(cc3c2)Oc2ccccc2B5c2cc3c(cc2O4)N(c2ccccc2)c2c4c(cc5cc(N(c6ccccc6)c6ccccc6)ccc25)N(c2ccccc2)c2ccccc2B34)cc1. The van der Waals surface area contributed by atoms with Crippen molar-refractivity contribution in [2.45, 2.75) is 0 Å². The van der Waals surface area contributed by atoms with Gasteiger partial charge in [-0.3, -0.25) is 0 Å². The van der Waals surface area contributed by atoms with Gasteiger partial charge < -0.3 is 29.1 Å². The van der Waals surface area contributed by atoms with Gasteiger partial charge in [0, 0.05) is 84.9 Å². The maximum absolute atomic E-state index is 7.59. The molecule has 13 aromatic carbocycles. The van der Waals surface area contributed by atoms with Gasteiger partial charge >= 0.3 is 0 Å². The Morgan fingerprint density at radius 3 is 1.37 bits per heavy atom. The molecule has 0 saturated heterocycles. The summed E-state index contributed by atoms with van der Waals surface area (Å²) in [6.07, 6.45) is 0. The number of benzene rings is 13. The van der Waals surface area contributed by atoms with Crippen molar-refractivity contribution in [1.29, 1.82) is 0 Å². The average Bonchev–Trinajstić information content (AvgIpc) is 1.10. The Labute approximate surface area is 476 Å². The molecule has 0 aliphatic carbocycles. The summed E-state index contributed by atoms with van der Waals surface area (Å²) in [6.45, 7) is -0.310. The molecule has 382 valence electrons. The summed E-state index contributed by atoms with van der Waals surface area (Å²) < 4.78 is 14.6. The van der Waals surface area contributed by atoms with Crippen LogP contribution in [0.15, 0.2) is 291 Å². The fourth-order valence-electron chi connectivity index (χ4n) is 13.6. The Bertz CT molecular complexity index is 4590. The molecule has 0 atom stereocenters. The first kappa shape index (κ1) is 46.2. The predicted molar refractivity (Wildman–Crippen MR) is 343 cm³/mol. The molecule has 6 nitrogen and oxygen atoms in total. The fourth-order valence-corrected chi connectivity index (χ4v) is 13.6. The van der Waals surface area contributed by atoms with Crippen LogP contribution in [-0.4, -0.2) is 13.4 Å². The van der Waals surface area contributed by atoms with Crippen molar-refractivity contribution in [3.8, 4) is 23.0 Å². The Morgan fingerprint density at radius 2 is 0.768 bits per heavy atom. The number of ether oxygens (including phenoxy) is 2. The number of para-hydroxylation sites is 8. The minimum Gasteiger partial charge on any atom is -0.458 e. The molecule has 82 heavy (non-hydrogen) atoms. The van der Waals surface area contributed by atoms with Crippen molar-refractivity contribution < 1.29 is 9.47 Å². The van der Waals surface area contributed by atoms with Crippen LogP contribution in [0.5, 0.6) is 23.0 Å². The van der Waals surface area contributed by atoms with Gasteiger partial charge in [0.25, 0.3) is 13.4 Å². The molecular formula is C74H48B2N4O2. The standard InChI is InChI=1S/C74H48B2N4O2/c1-7-23-51(24-8-1)77(52-25-9-2-10-26-52)57-39-41-59-49(43-57)45-67-71-73(59)80(56-33-17-6-18-34-56)66-48-69-64(47-63(66)75(71)61-35-19-21-37-65(61)79(67)55-31-15-5-16-32-55)76-62-36-20-22-38-68(62)81-70-46-50-44-58(40-42-60(50)74(82-69)72(70)76)78(53-27-11-3-12-28-53)54-29-13-4-14-30-54/h1-48H. The fraction of sp³-hybridized carbons (Fsp3) is 0. The second kappa shape index (κ2) is 18.4. The zero-order valence-corrected chi connectivity index (χ0v) is 44.5. The molecule has 0 radical (unpaired) electrons. The van der Waals surface area contributed by atoms with Gasteiger partial charge in [-0.05, 0) is 165 Å². The van der Waals surface area contributed by atoms with Crippen molar-refractivity contribution in [3.63, 3.8) is 0 Å². The van der Waals surface area contributed by atoms with Crippen molar-refractivity contribution in [3.05, 3.63) is 291 Å². The third-order valence-electron chi connectivity index (χ3n) is 17.0. The second-order valence-corrected chi connectivity index (χ2v) is 21.6. The number of rotatable bonds is 8. The molecule has 0 bridgehead atoms. The van der Waals surface area contributed by atoms with Crippen LogP contribution in [0.4, 0.5) is 68.2 Å². The van der Waals surface area contributed by atoms with E-state index >= 15 is 0 Å². The van der Waals surface area contributed by atoms with Crippen LogP contribution in [0.2, 0.25) is 0 Å². The third kappa shape index (κ3) is 7.11. The zero-order valence-electron chi connectivity index (χ0n) is 44.5. The van der Waals surface area contributed by atoms with Crippen molar-refractivity contribution in [1.82, 2.24) is 0 Å². The highest BCUT2D eigenvalue weighted by molar-refractivity contribution is 7.02. The van der Waals surface area contributed by atoms with E-state index in [1.165, 1.54) is 16.4 Å². The number of hydrogen-bond donors (Lipinski definition) is 0. The lowest BCUT2D eigenvalue weighted by Crippen LogP contribution is -2.64. The molecule has 4 aliphatic heterocycles. The third-order valence-corrected chi connectivity index (χ3v) is 17.0. The molecule has 13 aromatic rings. The summed E-state index contributed by atoms with van der Waals surface area (Å²) in [5.74, 6) is 3.31. The normalized spacial score (nSPS) is 13.0. The Hall–Kier alpha value is -10.7. The topological polar surface area (TPSA) is 31.4 Å². The summed E-state index contributed by atoms with van der Waals surface area (Å²) in [5.41, 5.74) is 20.2. The van der Waals surface area contributed by atoms with E-state index < -0.39 is 0 Å². The first-order valence-corrected chi connectivity index (χ1v) is 28.1. The highest BCUT2D eigenvalue weighted by Gasteiger charge is 2.48. The van der Waals surface area contributed by atoms with Crippen LogP contribution >= 0.6 is 0 Å². The van der Waals surface area contributed by atoms with Gasteiger partial charge in [-0.1, -0.05) is 158 Å². The predicted octanol–water partition coefficient (Wildman–Crippen LogP) is 15.7. The molecule has 4 heterocycles. The lowest BCUT2D eigenvalue weighted by molar-refractivity contribution is 0.468. The Balaban J connectivity index is 0.920. The smallest absolute Gasteiger partial charge is 0.260 e. The first-order chi connectivity index (χ1) is 40.7. The molecule has 0 fully saturated rings. The minimum atomic E-state index is -0.170. The molecule has 0 amide bonds. The van der Waals surface area contributed by atoms with Gasteiger partial charge in [-0.2, -0.15) is 0 Å². The highest BCUT2D eigenvalue weighted by Crippen LogP contribution is 2.50. The summed E-state index contributed by atoms with van der Waals surface area (Å²) in [6, 6.07) is 105. The maximum Gasteiger partial charge on any atom is 0.260 e. The second-order valence-electron chi connectivity index (χ2n) is 21.6. The Kier molecular flexibility index (Phi) is 10.4. The molecule has 4 aliphatic rings. The van der Waals surface area contributed by atoms with Crippen LogP contribution in [0.3, 0.4) is 0 Å².